The standard InChI is InChI=1S/C12H12N2O2/c1-9(15)16-12-8-11(14(2)13-12)10-6-4-3-5-7-10/h3-8H,1-2H3. The molecule has 0 atom stereocenters. The summed E-state index contributed by atoms with van der Waals surface area (Å²) in [5.41, 5.74) is 1.95. The Morgan fingerprint density at radius 3 is 2.62 bits per heavy atom. The molecular formula is C12H12N2O2. The molecule has 2 aromatic rings. The Morgan fingerprint density at radius 1 is 1.31 bits per heavy atom. The van der Waals surface area contributed by atoms with E-state index in [0.717, 1.165) is 11.3 Å². The first-order valence-corrected chi connectivity index (χ1v) is 4.94. The molecule has 0 N–H and O–H groups in total. The van der Waals surface area contributed by atoms with Gasteiger partial charge in [-0.05, 0) is 5.56 Å². The number of hydrogen-bond donors (Lipinski definition) is 0. The van der Waals surface area contributed by atoms with Gasteiger partial charge in [-0.2, -0.15) is 0 Å². The van der Waals surface area contributed by atoms with E-state index >= 15 is 0 Å². The molecule has 1 aromatic heterocycles. The van der Waals surface area contributed by atoms with Crippen molar-refractivity contribution in [2.45, 2.75) is 6.92 Å². The van der Waals surface area contributed by atoms with Gasteiger partial charge in [0.25, 0.3) is 0 Å². The lowest BCUT2D eigenvalue weighted by molar-refractivity contribution is -0.132. The van der Waals surface area contributed by atoms with E-state index in [0.29, 0.717) is 5.88 Å². The highest BCUT2D eigenvalue weighted by Gasteiger charge is 2.08. The number of esters is 1. The van der Waals surface area contributed by atoms with Crippen molar-refractivity contribution >= 4 is 5.97 Å². The van der Waals surface area contributed by atoms with Crippen LogP contribution in [0.1, 0.15) is 6.92 Å². The highest BCUT2D eigenvalue weighted by atomic mass is 16.5. The Balaban J connectivity index is 2.36. The molecule has 0 radical (unpaired) electrons. The van der Waals surface area contributed by atoms with Gasteiger partial charge in [0.2, 0.25) is 5.88 Å². The molecule has 1 heterocycles. The summed E-state index contributed by atoms with van der Waals surface area (Å²) >= 11 is 0. The molecule has 0 aliphatic carbocycles. The minimum absolute atomic E-state index is 0.328. The fraction of sp³-hybridized carbons (Fsp3) is 0.167. The highest BCUT2D eigenvalue weighted by Crippen LogP contribution is 2.22. The summed E-state index contributed by atoms with van der Waals surface area (Å²) in [5.74, 6) is -0.0356. The summed E-state index contributed by atoms with van der Waals surface area (Å²) in [6.07, 6.45) is 0. The lowest BCUT2D eigenvalue weighted by Gasteiger charge is -1.99. The van der Waals surface area contributed by atoms with Gasteiger partial charge >= 0.3 is 5.97 Å². The summed E-state index contributed by atoms with van der Waals surface area (Å²) < 4.78 is 6.61. The number of aromatic nitrogens is 2. The summed E-state index contributed by atoms with van der Waals surface area (Å²) in [4.78, 5) is 10.8. The average Bonchev–Trinajstić information content (AvgIpc) is 2.60. The zero-order valence-electron chi connectivity index (χ0n) is 9.18. The van der Waals surface area contributed by atoms with Crippen LogP contribution in [0.4, 0.5) is 0 Å². The second kappa shape index (κ2) is 4.18. The number of aryl methyl sites for hydroxylation is 1. The van der Waals surface area contributed by atoms with Gasteiger partial charge in [0.05, 0.1) is 5.69 Å². The molecule has 0 amide bonds. The fourth-order valence-corrected chi connectivity index (χ4v) is 1.52. The van der Waals surface area contributed by atoms with Crippen LogP contribution in [0.3, 0.4) is 0 Å². The summed E-state index contributed by atoms with van der Waals surface area (Å²) in [6, 6.07) is 11.6. The van der Waals surface area contributed by atoms with Crippen molar-refractivity contribution in [3.8, 4) is 17.1 Å². The van der Waals surface area contributed by atoms with E-state index in [-0.39, 0.29) is 5.97 Å². The van der Waals surface area contributed by atoms with E-state index < -0.39 is 0 Å². The van der Waals surface area contributed by atoms with E-state index in [2.05, 4.69) is 5.10 Å². The Labute approximate surface area is 93.5 Å². The van der Waals surface area contributed by atoms with Crippen molar-refractivity contribution in [1.82, 2.24) is 9.78 Å². The summed E-state index contributed by atoms with van der Waals surface area (Å²) in [6.45, 7) is 1.36. The molecule has 0 saturated heterocycles. The second-order valence-corrected chi connectivity index (χ2v) is 3.45. The topological polar surface area (TPSA) is 44.1 Å². The van der Waals surface area contributed by atoms with Crippen LogP contribution in [-0.2, 0) is 11.8 Å². The molecule has 0 aliphatic heterocycles. The fourth-order valence-electron chi connectivity index (χ4n) is 1.52. The van der Waals surface area contributed by atoms with Gasteiger partial charge in [-0.3, -0.25) is 9.48 Å². The lowest BCUT2D eigenvalue weighted by atomic mass is 10.1. The Bertz CT molecular complexity index is 503. The smallest absolute Gasteiger partial charge is 0.309 e. The van der Waals surface area contributed by atoms with Crippen LogP contribution in [-0.4, -0.2) is 15.7 Å². The van der Waals surface area contributed by atoms with Crippen molar-refractivity contribution in [2.75, 3.05) is 0 Å². The first kappa shape index (κ1) is 10.4. The molecule has 82 valence electrons. The van der Waals surface area contributed by atoms with Gasteiger partial charge in [-0.15, -0.1) is 5.10 Å². The van der Waals surface area contributed by atoms with E-state index in [1.165, 1.54) is 6.92 Å². The predicted octanol–water partition coefficient (Wildman–Crippen LogP) is 2.01. The molecule has 0 aliphatic rings. The van der Waals surface area contributed by atoms with Crippen LogP contribution in [0, 0.1) is 0 Å². The maximum absolute atomic E-state index is 10.8. The number of hydrogen-bond acceptors (Lipinski definition) is 3. The maximum atomic E-state index is 10.8. The van der Waals surface area contributed by atoms with Gasteiger partial charge in [0.15, 0.2) is 0 Å². The summed E-state index contributed by atoms with van der Waals surface area (Å²) in [7, 11) is 1.81. The number of ether oxygens (including phenoxy) is 1. The largest absolute Gasteiger partial charge is 0.406 e. The zero-order valence-corrected chi connectivity index (χ0v) is 9.18. The molecule has 0 saturated carbocycles. The van der Waals surface area contributed by atoms with Gasteiger partial charge < -0.3 is 4.74 Å². The van der Waals surface area contributed by atoms with E-state index in [4.69, 9.17) is 4.74 Å². The molecule has 4 heteroatoms. The number of carbonyl (C=O) groups is 1. The Kier molecular flexibility index (Phi) is 2.72. The first-order valence-electron chi connectivity index (χ1n) is 4.94. The average molecular weight is 216 g/mol. The minimum atomic E-state index is -0.363. The van der Waals surface area contributed by atoms with E-state index in [1.807, 2.05) is 37.4 Å². The molecule has 4 nitrogen and oxygen atoms in total. The van der Waals surface area contributed by atoms with Gasteiger partial charge in [0.1, 0.15) is 0 Å². The third kappa shape index (κ3) is 2.11. The molecular weight excluding hydrogens is 204 g/mol. The third-order valence-electron chi connectivity index (χ3n) is 2.18. The number of rotatable bonds is 2. The van der Waals surface area contributed by atoms with E-state index in [1.54, 1.807) is 10.7 Å². The first-order chi connectivity index (χ1) is 7.66. The lowest BCUT2D eigenvalue weighted by Crippen LogP contribution is -2.02. The Hall–Kier alpha value is -2.10. The third-order valence-corrected chi connectivity index (χ3v) is 2.18. The van der Waals surface area contributed by atoms with Crippen LogP contribution in [0.2, 0.25) is 0 Å². The molecule has 1 aromatic carbocycles. The number of carbonyl (C=O) groups excluding carboxylic acids is 1. The molecule has 0 fully saturated rings. The second-order valence-electron chi connectivity index (χ2n) is 3.45. The predicted molar refractivity (Wildman–Crippen MR) is 60.0 cm³/mol. The maximum Gasteiger partial charge on any atom is 0.309 e. The van der Waals surface area contributed by atoms with Crippen LogP contribution < -0.4 is 4.74 Å². The van der Waals surface area contributed by atoms with Gasteiger partial charge in [0, 0.05) is 20.0 Å². The summed E-state index contributed by atoms with van der Waals surface area (Å²) in [5, 5.41) is 4.10. The zero-order chi connectivity index (χ0) is 11.5. The monoisotopic (exact) mass is 216 g/mol. The Morgan fingerprint density at radius 2 is 2.00 bits per heavy atom. The number of benzene rings is 1. The quantitative estimate of drug-likeness (QED) is 0.721. The van der Waals surface area contributed by atoms with Crippen molar-refractivity contribution in [2.24, 2.45) is 7.05 Å². The molecule has 16 heavy (non-hydrogen) atoms. The van der Waals surface area contributed by atoms with Crippen molar-refractivity contribution < 1.29 is 9.53 Å². The normalized spacial score (nSPS) is 10.1. The molecule has 2 rings (SSSR count). The highest BCUT2D eigenvalue weighted by molar-refractivity contribution is 5.69. The molecule has 0 unspecified atom stereocenters. The van der Waals surface area contributed by atoms with Gasteiger partial charge in [-0.1, -0.05) is 30.3 Å². The molecule has 0 bridgehead atoms. The van der Waals surface area contributed by atoms with Crippen LogP contribution >= 0.6 is 0 Å². The van der Waals surface area contributed by atoms with Crippen LogP contribution in [0.25, 0.3) is 11.3 Å². The van der Waals surface area contributed by atoms with Crippen molar-refractivity contribution in [3.63, 3.8) is 0 Å². The van der Waals surface area contributed by atoms with Crippen LogP contribution in [0.15, 0.2) is 36.4 Å². The SMILES string of the molecule is CC(=O)Oc1cc(-c2ccccc2)n(C)n1. The van der Waals surface area contributed by atoms with Gasteiger partial charge in [-0.25, -0.2) is 0 Å². The minimum Gasteiger partial charge on any atom is -0.406 e. The van der Waals surface area contributed by atoms with Crippen molar-refractivity contribution in [3.05, 3.63) is 36.4 Å². The number of nitrogens with zero attached hydrogens (tertiary/aromatic N) is 2. The van der Waals surface area contributed by atoms with E-state index in [9.17, 15) is 4.79 Å². The molecule has 0 spiro atoms. The van der Waals surface area contributed by atoms with Crippen molar-refractivity contribution in [1.29, 1.82) is 0 Å². The van der Waals surface area contributed by atoms with Crippen LogP contribution in [0.5, 0.6) is 5.88 Å².